The number of anilines is 2. The smallest absolute Gasteiger partial charge is 0.254 e. The average Bonchev–Trinajstić information content (AvgIpc) is 2.81. The topological polar surface area (TPSA) is 52.7 Å². The van der Waals surface area contributed by atoms with Gasteiger partial charge in [-0.3, -0.25) is 9.59 Å². The molecule has 2 amide bonds. The zero-order valence-corrected chi connectivity index (χ0v) is 20.5. The standard InChI is InChI=1S/C29H32FN3O2/c1-20(21-8-5-4-6-9-21)33(29(35)23-12-14-25(30)15-13-23)19-24-18-26(16-17-27(24)32(2)3)31-28(34)22-10-7-11-22/h4-6,8-9,12-18,20,22H,7,10-11,19H2,1-3H3,(H,31,34). The van der Waals surface area contributed by atoms with Crippen molar-refractivity contribution in [3.63, 3.8) is 0 Å². The van der Waals surface area contributed by atoms with E-state index < -0.39 is 0 Å². The first kappa shape index (κ1) is 24.5. The van der Waals surface area contributed by atoms with Gasteiger partial charge in [-0.25, -0.2) is 4.39 Å². The number of carbonyl (C=O) groups is 2. The molecule has 3 aromatic rings. The molecule has 0 aliphatic heterocycles. The highest BCUT2D eigenvalue weighted by atomic mass is 19.1. The van der Waals surface area contributed by atoms with E-state index in [4.69, 9.17) is 0 Å². The Hall–Kier alpha value is -3.67. The van der Waals surface area contributed by atoms with E-state index in [0.29, 0.717) is 12.1 Å². The number of carbonyl (C=O) groups excluding carboxylic acids is 2. The van der Waals surface area contributed by atoms with Crippen LogP contribution in [0.2, 0.25) is 0 Å². The second-order valence-corrected chi connectivity index (χ2v) is 9.38. The van der Waals surface area contributed by atoms with Crippen molar-refractivity contribution in [1.29, 1.82) is 0 Å². The van der Waals surface area contributed by atoms with Gasteiger partial charge in [-0.05, 0) is 73.4 Å². The Morgan fingerprint density at radius 3 is 2.29 bits per heavy atom. The van der Waals surface area contributed by atoms with Gasteiger partial charge in [-0.1, -0.05) is 36.8 Å². The van der Waals surface area contributed by atoms with E-state index in [2.05, 4.69) is 5.32 Å². The molecular formula is C29H32FN3O2. The van der Waals surface area contributed by atoms with Crippen molar-refractivity contribution in [1.82, 2.24) is 4.90 Å². The summed E-state index contributed by atoms with van der Waals surface area (Å²) in [6.07, 6.45) is 2.97. The number of amides is 2. The molecule has 35 heavy (non-hydrogen) atoms. The summed E-state index contributed by atoms with van der Waals surface area (Å²) in [6.45, 7) is 2.32. The first-order valence-corrected chi connectivity index (χ1v) is 12.1. The maximum atomic E-state index is 13.7. The lowest BCUT2D eigenvalue weighted by molar-refractivity contribution is -0.122. The molecule has 6 heteroatoms. The molecule has 1 fully saturated rings. The Morgan fingerprint density at radius 1 is 1.00 bits per heavy atom. The SMILES string of the molecule is CC(c1ccccc1)N(Cc1cc(NC(=O)C2CCC2)ccc1N(C)C)C(=O)c1ccc(F)cc1. The van der Waals surface area contributed by atoms with Crippen LogP contribution in [0.15, 0.2) is 72.8 Å². The molecule has 1 saturated carbocycles. The van der Waals surface area contributed by atoms with Crippen molar-refractivity contribution < 1.29 is 14.0 Å². The molecule has 0 radical (unpaired) electrons. The fraction of sp³-hybridized carbons (Fsp3) is 0.310. The third-order valence-electron chi connectivity index (χ3n) is 6.75. The summed E-state index contributed by atoms with van der Waals surface area (Å²) in [6, 6.07) is 21.1. The Labute approximate surface area is 206 Å². The van der Waals surface area contributed by atoms with Crippen LogP contribution >= 0.6 is 0 Å². The largest absolute Gasteiger partial charge is 0.377 e. The summed E-state index contributed by atoms with van der Waals surface area (Å²) in [4.78, 5) is 30.0. The molecule has 182 valence electrons. The van der Waals surface area contributed by atoms with Crippen molar-refractivity contribution in [2.24, 2.45) is 5.92 Å². The van der Waals surface area contributed by atoms with Crippen LogP contribution in [0, 0.1) is 11.7 Å². The van der Waals surface area contributed by atoms with E-state index in [1.807, 2.05) is 74.4 Å². The van der Waals surface area contributed by atoms with Crippen molar-refractivity contribution in [2.75, 3.05) is 24.3 Å². The van der Waals surface area contributed by atoms with Crippen LogP contribution in [0.4, 0.5) is 15.8 Å². The van der Waals surface area contributed by atoms with Gasteiger partial charge >= 0.3 is 0 Å². The number of hydrogen-bond acceptors (Lipinski definition) is 3. The molecular weight excluding hydrogens is 441 g/mol. The van der Waals surface area contributed by atoms with Gasteiger partial charge in [0.2, 0.25) is 5.91 Å². The van der Waals surface area contributed by atoms with Crippen LogP contribution in [0.1, 0.15) is 53.7 Å². The molecule has 1 atom stereocenters. The highest BCUT2D eigenvalue weighted by Gasteiger charge is 2.27. The number of benzene rings is 3. The summed E-state index contributed by atoms with van der Waals surface area (Å²) in [5.74, 6) is -0.428. The zero-order valence-electron chi connectivity index (χ0n) is 20.5. The Balaban J connectivity index is 1.68. The lowest BCUT2D eigenvalue weighted by Crippen LogP contribution is -2.34. The van der Waals surface area contributed by atoms with Gasteiger partial charge < -0.3 is 15.1 Å². The predicted octanol–water partition coefficient (Wildman–Crippen LogP) is 6.03. The predicted molar refractivity (Wildman–Crippen MR) is 138 cm³/mol. The molecule has 3 aromatic carbocycles. The molecule has 4 rings (SSSR count). The summed E-state index contributed by atoms with van der Waals surface area (Å²) in [5.41, 5.74) is 4.03. The normalized spacial score (nSPS) is 14.1. The molecule has 0 saturated heterocycles. The Morgan fingerprint density at radius 2 is 1.69 bits per heavy atom. The van der Waals surface area contributed by atoms with Gasteiger partial charge in [0.15, 0.2) is 0 Å². The average molecular weight is 474 g/mol. The van der Waals surface area contributed by atoms with Gasteiger partial charge in [0, 0.05) is 43.5 Å². The fourth-order valence-electron chi connectivity index (χ4n) is 4.38. The third kappa shape index (κ3) is 5.70. The van der Waals surface area contributed by atoms with E-state index in [1.165, 1.54) is 24.3 Å². The highest BCUT2D eigenvalue weighted by Crippen LogP contribution is 2.31. The number of nitrogens with zero attached hydrogens (tertiary/aromatic N) is 2. The van der Waals surface area contributed by atoms with Gasteiger partial charge in [0.1, 0.15) is 5.82 Å². The van der Waals surface area contributed by atoms with Gasteiger partial charge in [0.05, 0.1) is 6.04 Å². The van der Waals surface area contributed by atoms with Crippen LogP contribution in [-0.4, -0.2) is 30.8 Å². The molecule has 0 heterocycles. The molecule has 1 aliphatic carbocycles. The summed E-state index contributed by atoms with van der Waals surface area (Å²) < 4.78 is 13.5. The lowest BCUT2D eigenvalue weighted by Gasteiger charge is -2.32. The molecule has 1 N–H and O–H groups in total. The van der Waals surface area contributed by atoms with Crippen LogP contribution in [0.3, 0.4) is 0 Å². The summed E-state index contributed by atoms with van der Waals surface area (Å²) >= 11 is 0. The number of halogens is 1. The first-order chi connectivity index (χ1) is 16.8. The van der Waals surface area contributed by atoms with Crippen molar-refractivity contribution in [3.8, 4) is 0 Å². The maximum Gasteiger partial charge on any atom is 0.254 e. The van der Waals surface area contributed by atoms with E-state index >= 15 is 0 Å². The molecule has 5 nitrogen and oxygen atoms in total. The fourth-order valence-corrected chi connectivity index (χ4v) is 4.38. The van der Waals surface area contributed by atoms with Gasteiger partial charge in [0.25, 0.3) is 5.91 Å². The second-order valence-electron chi connectivity index (χ2n) is 9.38. The van der Waals surface area contributed by atoms with Crippen molar-refractivity contribution in [3.05, 3.63) is 95.3 Å². The molecule has 0 bridgehead atoms. The van der Waals surface area contributed by atoms with Crippen molar-refractivity contribution in [2.45, 2.75) is 38.8 Å². The van der Waals surface area contributed by atoms with Crippen molar-refractivity contribution >= 4 is 23.2 Å². The van der Waals surface area contributed by atoms with E-state index in [0.717, 1.165) is 41.8 Å². The molecule has 1 unspecified atom stereocenters. The minimum Gasteiger partial charge on any atom is -0.377 e. The van der Waals surface area contributed by atoms with Gasteiger partial charge in [-0.2, -0.15) is 0 Å². The van der Waals surface area contributed by atoms with Crippen LogP contribution in [0.25, 0.3) is 0 Å². The molecule has 0 spiro atoms. The highest BCUT2D eigenvalue weighted by molar-refractivity contribution is 5.95. The molecule has 1 aliphatic rings. The quantitative estimate of drug-likeness (QED) is 0.434. The minimum absolute atomic E-state index is 0.0525. The monoisotopic (exact) mass is 473 g/mol. The summed E-state index contributed by atoms with van der Waals surface area (Å²) in [7, 11) is 3.91. The second kappa shape index (κ2) is 10.7. The van der Waals surface area contributed by atoms with Crippen LogP contribution in [0.5, 0.6) is 0 Å². The van der Waals surface area contributed by atoms with Crippen LogP contribution < -0.4 is 10.2 Å². The summed E-state index contributed by atoms with van der Waals surface area (Å²) in [5, 5.41) is 3.05. The molecule has 0 aromatic heterocycles. The Kier molecular flexibility index (Phi) is 7.49. The Bertz CT molecular complexity index is 1170. The van der Waals surface area contributed by atoms with E-state index in [-0.39, 0.29) is 29.6 Å². The number of nitrogens with one attached hydrogen (secondary N) is 1. The zero-order chi connectivity index (χ0) is 24.9. The number of hydrogen-bond donors (Lipinski definition) is 1. The van der Waals surface area contributed by atoms with E-state index in [9.17, 15) is 14.0 Å². The maximum absolute atomic E-state index is 13.7. The number of rotatable bonds is 8. The van der Waals surface area contributed by atoms with Gasteiger partial charge in [-0.15, -0.1) is 0 Å². The minimum atomic E-state index is -0.381. The third-order valence-corrected chi connectivity index (χ3v) is 6.75. The lowest BCUT2D eigenvalue weighted by atomic mass is 9.85. The first-order valence-electron chi connectivity index (χ1n) is 12.1. The van der Waals surface area contributed by atoms with Crippen LogP contribution in [-0.2, 0) is 11.3 Å². The van der Waals surface area contributed by atoms with E-state index in [1.54, 1.807) is 4.90 Å².